The lowest BCUT2D eigenvalue weighted by Crippen LogP contribution is -2.43. The van der Waals surface area contributed by atoms with E-state index in [2.05, 4.69) is 22.4 Å². The fourth-order valence-corrected chi connectivity index (χ4v) is 1.94. The summed E-state index contributed by atoms with van der Waals surface area (Å²) in [6.45, 7) is 3.53. The van der Waals surface area contributed by atoms with Crippen LogP contribution in [0.1, 0.15) is 0 Å². The summed E-state index contributed by atoms with van der Waals surface area (Å²) in [6, 6.07) is 1.88. The van der Waals surface area contributed by atoms with Gasteiger partial charge in [0.25, 0.3) is 0 Å². The van der Waals surface area contributed by atoms with Gasteiger partial charge in [-0.15, -0.1) is 0 Å². The molecule has 0 bridgehead atoms. The number of nitrogens with zero attached hydrogens (tertiary/aromatic N) is 3. The van der Waals surface area contributed by atoms with Gasteiger partial charge in [-0.1, -0.05) is 0 Å². The minimum atomic E-state index is 0.224. The summed E-state index contributed by atoms with van der Waals surface area (Å²) in [7, 11) is 5.61. The summed E-state index contributed by atoms with van der Waals surface area (Å²) in [6.07, 6.45) is 0.224. The SMILES string of the molecule is COc1cc(NCC2CN(C)CCO2)nn1C. The van der Waals surface area contributed by atoms with E-state index >= 15 is 0 Å². The Morgan fingerprint density at radius 2 is 2.41 bits per heavy atom. The number of aryl methyl sites for hydroxylation is 1. The van der Waals surface area contributed by atoms with Crippen LogP contribution in [0.2, 0.25) is 0 Å². The van der Waals surface area contributed by atoms with Crippen molar-refractivity contribution in [1.29, 1.82) is 0 Å². The molecule has 0 aromatic carbocycles. The second-order valence-corrected chi connectivity index (χ2v) is 4.33. The molecule has 1 unspecified atom stereocenters. The van der Waals surface area contributed by atoms with E-state index in [0.29, 0.717) is 0 Å². The zero-order chi connectivity index (χ0) is 12.3. The number of ether oxygens (including phenoxy) is 2. The predicted octanol–water partition coefficient (Wildman–Crippen LogP) is 0.171. The molecular formula is C11H20N4O2. The number of aromatic nitrogens is 2. The van der Waals surface area contributed by atoms with Gasteiger partial charge < -0.3 is 19.7 Å². The van der Waals surface area contributed by atoms with Crippen LogP contribution in [0.3, 0.4) is 0 Å². The molecule has 1 saturated heterocycles. The Morgan fingerprint density at radius 3 is 3.06 bits per heavy atom. The number of rotatable bonds is 4. The summed E-state index contributed by atoms with van der Waals surface area (Å²) < 4.78 is 12.5. The van der Waals surface area contributed by atoms with Gasteiger partial charge >= 0.3 is 0 Å². The van der Waals surface area contributed by atoms with E-state index in [4.69, 9.17) is 9.47 Å². The summed E-state index contributed by atoms with van der Waals surface area (Å²) >= 11 is 0. The first-order chi connectivity index (χ1) is 8.19. The molecule has 0 spiro atoms. The number of likely N-dealkylation sites (N-methyl/N-ethyl adjacent to an activating group) is 1. The van der Waals surface area contributed by atoms with E-state index in [1.807, 2.05) is 13.1 Å². The first-order valence-electron chi connectivity index (χ1n) is 5.81. The number of hydrogen-bond acceptors (Lipinski definition) is 5. The van der Waals surface area contributed by atoms with Crippen LogP contribution in [0.15, 0.2) is 6.07 Å². The zero-order valence-electron chi connectivity index (χ0n) is 10.6. The van der Waals surface area contributed by atoms with E-state index in [1.165, 1.54) is 0 Å². The third kappa shape index (κ3) is 3.10. The lowest BCUT2D eigenvalue weighted by Gasteiger charge is -2.30. The highest BCUT2D eigenvalue weighted by Gasteiger charge is 2.17. The molecule has 6 heteroatoms. The number of methoxy groups -OCH3 is 1. The van der Waals surface area contributed by atoms with Crippen molar-refractivity contribution in [3.8, 4) is 5.88 Å². The van der Waals surface area contributed by atoms with Crippen LogP contribution in [0.5, 0.6) is 5.88 Å². The fourth-order valence-electron chi connectivity index (χ4n) is 1.94. The van der Waals surface area contributed by atoms with E-state index in [1.54, 1.807) is 11.8 Å². The Kier molecular flexibility index (Phi) is 3.86. The van der Waals surface area contributed by atoms with E-state index in [9.17, 15) is 0 Å². The topological polar surface area (TPSA) is 51.6 Å². The molecule has 1 aliphatic rings. The van der Waals surface area contributed by atoms with Crippen molar-refractivity contribution in [1.82, 2.24) is 14.7 Å². The van der Waals surface area contributed by atoms with Gasteiger partial charge in [0.05, 0.1) is 19.8 Å². The number of nitrogens with one attached hydrogen (secondary N) is 1. The van der Waals surface area contributed by atoms with Gasteiger partial charge in [0.15, 0.2) is 5.82 Å². The van der Waals surface area contributed by atoms with Crippen molar-refractivity contribution < 1.29 is 9.47 Å². The summed E-state index contributed by atoms with van der Waals surface area (Å²) in [5, 5.41) is 7.56. The van der Waals surface area contributed by atoms with Gasteiger partial charge in [0, 0.05) is 32.7 Å². The minimum Gasteiger partial charge on any atom is -0.481 e. The largest absolute Gasteiger partial charge is 0.481 e. The Labute approximate surface area is 101 Å². The van der Waals surface area contributed by atoms with Crippen LogP contribution < -0.4 is 10.1 Å². The first-order valence-corrected chi connectivity index (χ1v) is 5.81. The second-order valence-electron chi connectivity index (χ2n) is 4.33. The van der Waals surface area contributed by atoms with Crippen molar-refractivity contribution in [2.75, 3.05) is 45.7 Å². The molecule has 17 heavy (non-hydrogen) atoms. The quantitative estimate of drug-likeness (QED) is 0.813. The maximum Gasteiger partial charge on any atom is 0.213 e. The average Bonchev–Trinajstić information content (AvgIpc) is 2.67. The van der Waals surface area contributed by atoms with Gasteiger partial charge in [-0.25, -0.2) is 4.68 Å². The molecule has 6 nitrogen and oxygen atoms in total. The van der Waals surface area contributed by atoms with Gasteiger partial charge in [0.1, 0.15) is 0 Å². The van der Waals surface area contributed by atoms with Crippen LogP contribution >= 0.6 is 0 Å². The van der Waals surface area contributed by atoms with Gasteiger partial charge in [-0.2, -0.15) is 5.10 Å². The summed E-state index contributed by atoms with van der Waals surface area (Å²) in [5.74, 6) is 1.57. The monoisotopic (exact) mass is 240 g/mol. The minimum absolute atomic E-state index is 0.224. The summed E-state index contributed by atoms with van der Waals surface area (Å²) in [5.41, 5.74) is 0. The highest BCUT2D eigenvalue weighted by molar-refractivity contribution is 5.38. The Hall–Kier alpha value is -1.27. The lowest BCUT2D eigenvalue weighted by atomic mass is 10.3. The molecule has 1 aromatic heterocycles. The number of anilines is 1. The first kappa shape index (κ1) is 12.2. The number of morpholine rings is 1. The average molecular weight is 240 g/mol. The highest BCUT2D eigenvalue weighted by Crippen LogP contribution is 2.15. The summed E-state index contributed by atoms with van der Waals surface area (Å²) in [4.78, 5) is 2.27. The van der Waals surface area contributed by atoms with Gasteiger partial charge in [0.2, 0.25) is 5.88 Å². The molecule has 0 saturated carbocycles. The van der Waals surface area contributed by atoms with Crippen LogP contribution in [-0.4, -0.2) is 61.2 Å². The van der Waals surface area contributed by atoms with Crippen molar-refractivity contribution >= 4 is 5.82 Å². The lowest BCUT2D eigenvalue weighted by molar-refractivity contribution is -0.0117. The van der Waals surface area contributed by atoms with Crippen molar-refractivity contribution in [2.45, 2.75) is 6.10 Å². The van der Waals surface area contributed by atoms with Crippen molar-refractivity contribution in [3.63, 3.8) is 0 Å². The van der Waals surface area contributed by atoms with Crippen LogP contribution in [0, 0.1) is 0 Å². The van der Waals surface area contributed by atoms with Crippen LogP contribution in [0.25, 0.3) is 0 Å². The Morgan fingerprint density at radius 1 is 1.59 bits per heavy atom. The molecule has 96 valence electrons. The third-order valence-electron chi connectivity index (χ3n) is 2.90. The predicted molar refractivity (Wildman–Crippen MR) is 65.5 cm³/mol. The molecular weight excluding hydrogens is 220 g/mol. The molecule has 2 rings (SSSR count). The molecule has 1 N–H and O–H groups in total. The molecule has 1 aliphatic heterocycles. The standard InChI is InChI=1S/C11H20N4O2/c1-14-4-5-17-9(8-14)7-12-10-6-11(16-3)15(2)13-10/h6,9H,4-5,7-8H2,1-3H3,(H,12,13). The maximum atomic E-state index is 5.66. The second kappa shape index (κ2) is 5.37. The van der Waals surface area contributed by atoms with Gasteiger partial charge in [-0.3, -0.25) is 0 Å². The normalized spacial score (nSPS) is 21.5. The molecule has 0 aliphatic carbocycles. The Bertz CT molecular complexity index is 366. The molecule has 1 atom stereocenters. The molecule has 2 heterocycles. The molecule has 0 radical (unpaired) electrons. The van der Waals surface area contributed by atoms with Crippen molar-refractivity contribution in [2.24, 2.45) is 7.05 Å². The van der Waals surface area contributed by atoms with Crippen LogP contribution in [-0.2, 0) is 11.8 Å². The zero-order valence-corrected chi connectivity index (χ0v) is 10.6. The maximum absolute atomic E-state index is 5.66. The van der Waals surface area contributed by atoms with Crippen molar-refractivity contribution in [3.05, 3.63) is 6.07 Å². The van der Waals surface area contributed by atoms with E-state index < -0.39 is 0 Å². The highest BCUT2D eigenvalue weighted by atomic mass is 16.5. The third-order valence-corrected chi connectivity index (χ3v) is 2.90. The fraction of sp³-hybridized carbons (Fsp3) is 0.727. The van der Waals surface area contributed by atoms with E-state index in [0.717, 1.165) is 37.9 Å². The Balaban J connectivity index is 1.84. The van der Waals surface area contributed by atoms with Gasteiger partial charge in [-0.05, 0) is 7.05 Å². The van der Waals surface area contributed by atoms with E-state index in [-0.39, 0.29) is 6.10 Å². The smallest absolute Gasteiger partial charge is 0.213 e. The molecule has 1 aromatic rings. The molecule has 0 amide bonds. The molecule has 1 fully saturated rings. The van der Waals surface area contributed by atoms with Crippen LogP contribution in [0.4, 0.5) is 5.82 Å². The number of hydrogen-bond donors (Lipinski definition) is 1.